The van der Waals surface area contributed by atoms with Gasteiger partial charge in [-0.1, -0.05) is 0 Å². The monoisotopic (exact) mass is 399 g/mol. The second-order valence-electron chi connectivity index (χ2n) is 3.16. The standard InChI is InChI=1S/C9H11Br2N3O3S/c1-2-17-9(16)4(3-18)12-8(15)6-5(10)7(11)14-13-6/h4,18H,2-3H2,1H3,(H,12,15)(H,13,14)/t4-/m0/s1. The van der Waals surface area contributed by atoms with E-state index < -0.39 is 17.9 Å². The van der Waals surface area contributed by atoms with E-state index in [0.717, 1.165) is 0 Å². The summed E-state index contributed by atoms with van der Waals surface area (Å²) in [5, 5.41) is 8.89. The summed E-state index contributed by atoms with van der Waals surface area (Å²) in [4.78, 5) is 23.4. The molecule has 0 saturated heterocycles. The molecule has 100 valence electrons. The Labute approximate surface area is 126 Å². The van der Waals surface area contributed by atoms with Crippen molar-refractivity contribution in [2.75, 3.05) is 12.4 Å². The fourth-order valence-corrected chi connectivity index (χ4v) is 1.98. The number of H-pyrrole nitrogens is 1. The molecule has 6 nitrogen and oxygen atoms in total. The van der Waals surface area contributed by atoms with Crippen LogP contribution in [0.3, 0.4) is 0 Å². The van der Waals surface area contributed by atoms with Crippen LogP contribution in [0.1, 0.15) is 17.4 Å². The summed E-state index contributed by atoms with van der Waals surface area (Å²) in [6.07, 6.45) is 0. The normalized spacial score (nSPS) is 12.0. The number of thiol groups is 1. The zero-order chi connectivity index (χ0) is 13.7. The summed E-state index contributed by atoms with van der Waals surface area (Å²) in [6, 6.07) is -0.803. The maximum absolute atomic E-state index is 11.9. The van der Waals surface area contributed by atoms with Crippen molar-refractivity contribution < 1.29 is 14.3 Å². The molecule has 18 heavy (non-hydrogen) atoms. The van der Waals surface area contributed by atoms with Gasteiger partial charge in [-0.15, -0.1) is 0 Å². The number of hydrogen-bond donors (Lipinski definition) is 3. The third kappa shape index (κ3) is 3.72. The van der Waals surface area contributed by atoms with Gasteiger partial charge in [0.2, 0.25) is 0 Å². The molecule has 0 unspecified atom stereocenters. The Morgan fingerprint density at radius 2 is 2.22 bits per heavy atom. The number of aromatic amines is 1. The topological polar surface area (TPSA) is 84.1 Å². The van der Waals surface area contributed by atoms with Gasteiger partial charge in [0.15, 0.2) is 5.69 Å². The molecule has 0 saturated carbocycles. The summed E-state index contributed by atoms with van der Waals surface area (Å²) in [5.74, 6) is -0.865. The maximum Gasteiger partial charge on any atom is 0.329 e. The molecule has 1 heterocycles. The van der Waals surface area contributed by atoms with E-state index in [1.54, 1.807) is 6.92 Å². The molecule has 2 N–H and O–H groups in total. The summed E-state index contributed by atoms with van der Waals surface area (Å²) in [5.41, 5.74) is 0.151. The number of halogens is 2. The predicted octanol–water partition coefficient (Wildman–Crippen LogP) is 1.53. The van der Waals surface area contributed by atoms with Gasteiger partial charge >= 0.3 is 5.97 Å². The van der Waals surface area contributed by atoms with Crippen molar-refractivity contribution in [2.24, 2.45) is 0 Å². The molecular formula is C9H11Br2N3O3S. The Bertz CT molecular complexity index is 452. The molecule has 0 fully saturated rings. The van der Waals surface area contributed by atoms with Crippen molar-refractivity contribution in [3.8, 4) is 0 Å². The molecule has 9 heteroatoms. The smallest absolute Gasteiger partial charge is 0.329 e. The van der Waals surface area contributed by atoms with Crippen LogP contribution in [0, 0.1) is 0 Å². The van der Waals surface area contributed by atoms with Crippen LogP contribution < -0.4 is 5.32 Å². The number of carbonyl (C=O) groups excluding carboxylic acids is 2. The maximum atomic E-state index is 11.9. The Morgan fingerprint density at radius 1 is 1.56 bits per heavy atom. The van der Waals surface area contributed by atoms with Gasteiger partial charge in [-0.3, -0.25) is 9.89 Å². The number of nitrogens with zero attached hydrogens (tertiary/aromatic N) is 1. The number of aromatic nitrogens is 2. The molecule has 0 aliphatic rings. The molecule has 1 amide bonds. The first kappa shape index (κ1) is 15.5. The van der Waals surface area contributed by atoms with Crippen molar-refractivity contribution in [3.05, 3.63) is 14.8 Å². The van der Waals surface area contributed by atoms with Gasteiger partial charge in [0, 0.05) is 5.75 Å². The molecule has 1 aromatic heterocycles. The molecular weight excluding hydrogens is 390 g/mol. The third-order valence-corrected chi connectivity index (χ3v) is 4.18. The number of rotatable bonds is 5. The minimum absolute atomic E-state index is 0.147. The van der Waals surface area contributed by atoms with Crippen molar-refractivity contribution in [3.63, 3.8) is 0 Å². The number of esters is 1. The second-order valence-corrected chi connectivity index (χ2v) is 5.11. The third-order valence-electron chi connectivity index (χ3n) is 1.94. The lowest BCUT2D eigenvalue weighted by atomic mass is 10.3. The average Bonchev–Trinajstić information content (AvgIpc) is 2.67. The minimum atomic E-state index is -0.803. The van der Waals surface area contributed by atoms with Gasteiger partial charge in [-0.25, -0.2) is 4.79 Å². The largest absolute Gasteiger partial charge is 0.464 e. The number of ether oxygens (including phenoxy) is 1. The highest BCUT2D eigenvalue weighted by atomic mass is 79.9. The predicted molar refractivity (Wildman–Crippen MR) is 75.7 cm³/mol. The van der Waals surface area contributed by atoms with Gasteiger partial charge < -0.3 is 10.1 Å². The number of carbonyl (C=O) groups is 2. The summed E-state index contributed by atoms with van der Waals surface area (Å²) < 4.78 is 5.85. The summed E-state index contributed by atoms with van der Waals surface area (Å²) >= 11 is 10.4. The quantitative estimate of drug-likeness (QED) is 0.516. The lowest BCUT2D eigenvalue weighted by Crippen LogP contribution is -2.43. The van der Waals surface area contributed by atoms with Crippen molar-refractivity contribution in [1.82, 2.24) is 15.5 Å². The van der Waals surface area contributed by atoms with Crippen LogP contribution in [-0.2, 0) is 9.53 Å². The highest BCUT2D eigenvalue weighted by Gasteiger charge is 2.24. The van der Waals surface area contributed by atoms with E-state index in [1.165, 1.54) is 0 Å². The SMILES string of the molecule is CCOC(=O)[C@H](CS)NC(=O)c1n[nH]c(Br)c1Br. The first-order valence-electron chi connectivity index (χ1n) is 4.99. The van der Waals surface area contributed by atoms with E-state index in [-0.39, 0.29) is 18.1 Å². The van der Waals surface area contributed by atoms with E-state index in [4.69, 9.17) is 4.74 Å². The molecule has 0 aromatic carbocycles. The van der Waals surface area contributed by atoms with E-state index >= 15 is 0 Å². The summed E-state index contributed by atoms with van der Waals surface area (Å²) in [6.45, 7) is 1.94. The lowest BCUT2D eigenvalue weighted by Gasteiger charge is -2.14. The van der Waals surface area contributed by atoms with Crippen LogP contribution in [0.15, 0.2) is 9.08 Å². The fourth-order valence-electron chi connectivity index (χ4n) is 1.11. The van der Waals surface area contributed by atoms with E-state index in [1.807, 2.05) is 0 Å². The highest BCUT2D eigenvalue weighted by molar-refractivity contribution is 9.13. The first-order chi connectivity index (χ1) is 8.51. The van der Waals surface area contributed by atoms with Gasteiger partial charge in [-0.2, -0.15) is 17.7 Å². The van der Waals surface area contributed by atoms with E-state index in [2.05, 4.69) is 60.0 Å². The van der Waals surface area contributed by atoms with E-state index in [9.17, 15) is 9.59 Å². The Hall–Kier alpha value is -0.540. The fraction of sp³-hybridized carbons (Fsp3) is 0.444. The average molecular weight is 401 g/mol. The number of hydrogen-bond acceptors (Lipinski definition) is 5. The molecule has 0 spiro atoms. The van der Waals surface area contributed by atoms with Crippen LogP contribution >= 0.6 is 44.5 Å². The molecule has 1 aromatic rings. The van der Waals surface area contributed by atoms with Crippen molar-refractivity contribution in [2.45, 2.75) is 13.0 Å². The zero-order valence-electron chi connectivity index (χ0n) is 9.37. The molecule has 1 atom stereocenters. The van der Waals surface area contributed by atoms with Gasteiger partial charge in [0.1, 0.15) is 10.6 Å². The minimum Gasteiger partial charge on any atom is -0.464 e. The van der Waals surface area contributed by atoms with Crippen LogP contribution in [-0.4, -0.2) is 40.5 Å². The van der Waals surface area contributed by atoms with Crippen LogP contribution in [0.5, 0.6) is 0 Å². The molecule has 0 aliphatic heterocycles. The Balaban J connectivity index is 2.74. The molecule has 1 rings (SSSR count). The summed E-state index contributed by atoms with van der Waals surface area (Å²) in [7, 11) is 0. The van der Waals surface area contributed by atoms with Crippen LogP contribution in [0.25, 0.3) is 0 Å². The van der Waals surface area contributed by atoms with Crippen molar-refractivity contribution >= 4 is 56.4 Å². The Kier molecular flexibility index (Phi) is 6.16. The molecule has 0 radical (unpaired) electrons. The second kappa shape index (κ2) is 7.15. The lowest BCUT2D eigenvalue weighted by molar-refractivity contribution is -0.144. The molecule has 0 aliphatic carbocycles. The number of nitrogens with one attached hydrogen (secondary N) is 2. The zero-order valence-corrected chi connectivity index (χ0v) is 13.4. The molecule has 0 bridgehead atoms. The number of amides is 1. The van der Waals surface area contributed by atoms with Crippen LogP contribution in [0.2, 0.25) is 0 Å². The van der Waals surface area contributed by atoms with Gasteiger partial charge in [0.05, 0.1) is 11.1 Å². The van der Waals surface area contributed by atoms with Crippen molar-refractivity contribution in [1.29, 1.82) is 0 Å². The van der Waals surface area contributed by atoms with Crippen LogP contribution in [0.4, 0.5) is 0 Å². The highest BCUT2D eigenvalue weighted by Crippen LogP contribution is 2.23. The van der Waals surface area contributed by atoms with Gasteiger partial charge in [-0.05, 0) is 38.8 Å². The van der Waals surface area contributed by atoms with Gasteiger partial charge in [0.25, 0.3) is 5.91 Å². The van der Waals surface area contributed by atoms with E-state index in [0.29, 0.717) is 9.08 Å². The first-order valence-corrected chi connectivity index (χ1v) is 7.20. The Morgan fingerprint density at radius 3 is 2.67 bits per heavy atom.